The van der Waals surface area contributed by atoms with Crippen LogP contribution < -0.4 is 0 Å². The molecule has 0 heterocycles. The van der Waals surface area contributed by atoms with Crippen molar-refractivity contribution in [2.45, 2.75) is 174 Å². The Morgan fingerprint density at radius 3 is 1.43 bits per heavy atom. The summed E-state index contributed by atoms with van der Waals surface area (Å²) in [5, 5.41) is 0. The van der Waals surface area contributed by atoms with Crippen LogP contribution in [0.4, 0.5) is 0 Å². The number of phosphoric ester groups is 1. The van der Waals surface area contributed by atoms with E-state index in [1.165, 1.54) is 77.0 Å². The first-order chi connectivity index (χ1) is 28.0. The number of likely N-dealkylation sites (N-methyl/N-ethyl adjacent to an activating group) is 1. The van der Waals surface area contributed by atoms with E-state index in [1.807, 2.05) is 33.3 Å². The molecule has 0 amide bonds. The monoisotopic (exact) mass is 835 g/mol. The summed E-state index contributed by atoms with van der Waals surface area (Å²) in [6.07, 6.45) is 49.6. The number of rotatable bonds is 40. The Balaban J connectivity index is 4.48. The van der Waals surface area contributed by atoms with Crippen molar-refractivity contribution in [3.05, 3.63) is 72.9 Å². The molecule has 9 nitrogen and oxygen atoms in total. The van der Waals surface area contributed by atoms with Gasteiger partial charge in [-0.1, -0.05) is 177 Å². The van der Waals surface area contributed by atoms with Gasteiger partial charge >= 0.3 is 19.8 Å². The molecular formula is C48H85NO8P+. The second-order valence-corrected chi connectivity index (χ2v) is 17.5. The van der Waals surface area contributed by atoms with Crippen molar-refractivity contribution in [2.24, 2.45) is 0 Å². The van der Waals surface area contributed by atoms with Crippen molar-refractivity contribution in [2.75, 3.05) is 47.5 Å². The maximum Gasteiger partial charge on any atom is 0.472 e. The van der Waals surface area contributed by atoms with Gasteiger partial charge in [0.15, 0.2) is 6.10 Å². The lowest BCUT2D eigenvalue weighted by atomic mass is 10.0. The molecule has 1 N–H and O–H groups in total. The van der Waals surface area contributed by atoms with Gasteiger partial charge in [-0.05, 0) is 51.4 Å². The zero-order chi connectivity index (χ0) is 42.8. The van der Waals surface area contributed by atoms with Gasteiger partial charge in [0.2, 0.25) is 0 Å². The number of hydrogen-bond donors (Lipinski definition) is 1. The summed E-state index contributed by atoms with van der Waals surface area (Å²) in [5.74, 6) is -0.898. The van der Waals surface area contributed by atoms with Crippen molar-refractivity contribution in [1.29, 1.82) is 0 Å². The van der Waals surface area contributed by atoms with E-state index in [4.69, 9.17) is 18.5 Å². The molecular weight excluding hydrogens is 750 g/mol. The topological polar surface area (TPSA) is 108 Å². The number of carbonyl (C=O) groups is 2. The Morgan fingerprint density at radius 2 is 0.983 bits per heavy atom. The van der Waals surface area contributed by atoms with Crippen LogP contribution >= 0.6 is 7.82 Å². The minimum Gasteiger partial charge on any atom is -0.462 e. The first-order valence-corrected chi connectivity index (χ1v) is 24.2. The quantitative estimate of drug-likeness (QED) is 0.0214. The third-order valence-electron chi connectivity index (χ3n) is 9.26. The summed E-state index contributed by atoms with van der Waals surface area (Å²) in [6, 6.07) is 0. The standard InChI is InChI=1S/C48H84NO8P/c1-6-8-10-12-14-16-18-20-22-23-24-25-27-29-31-33-35-37-39-41-48(51)57-46(45-56-58(52,53)55-43-42-49(3,4)5)44-54-47(50)40-38-36-34-32-30-28-26-21-19-17-15-13-11-9-7-2/h8,10,14,16,20,22,24-25,29,31,35,37,46H,6-7,9,11-13,15,17-19,21,23,26-28,30,32-34,36,38-45H2,1-5H3/p+1. The van der Waals surface area contributed by atoms with E-state index < -0.39 is 26.5 Å². The lowest BCUT2D eigenvalue weighted by Gasteiger charge is -2.24. The van der Waals surface area contributed by atoms with Gasteiger partial charge in [-0.25, -0.2) is 4.57 Å². The largest absolute Gasteiger partial charge is 0.472 e. The summed E-state index contributed by atoms with van der Waals surface area (Å²) in [5.41, 5.74) is 0. The summed E-state index contributed by atoms with van der Waals surface area (Å²) < 4.78 is 34.2. The minimum atomic E-state index is -4.40. The highest BCUT2D eigenvalue weighted by molar-refractivity contribution is 7.47. The van der Waals surface area contributed by atoms with Crippen LogP contribution in [0.5, 0.6) is 0 Å². The molecule has 58 heavy (non-hydrogen) atoms. The Labute approximate surface area is 355 Å². The van der Waals surface area contributed by atoms with Gasteiger partial charge in [-0.15, -0.1) is 0 Å². The van der Waals surface area contributed by atoms with Gasteiger partial charge in [-0.3, -0.25) is 18.6 Å². The van der Waals surface area contributed by atoms with Crippen LogP contribution in [0, 0.1) is 0 Å². The van der Waals surface area contributed by atoms with Crippen molar-refractivity contribution >= 4 is 19.8 Å². The smallest absolute Gasteiger partial charge is 0.462 e. The SMILES string of the molecule is CCC=CCC=CCC=CCC=CCC=CCC=CCCC(=O)OC(COC(=O)CCCCCCCCCCCCCCCCC)COP(=O)(O)OCC[N+](C)(C)C. The fourth-order valence-corrected chi connectivity index (χ4v) is 6.49. The number of ether oxygens (including phenoxy) is 2. The molecule has 0 spiro atoms. The number of esters is 2. The first kappa shape index (κ1) is 55.5. The van der Waals surface area contributed by atoms with Gasteiger partial charge in [0, 0.05) is 12.8 Å². The lowest BCUT2D eigenvalue weighted by molar-refractivity contribution is -0.870. The number of allylic oxidation sites excluding steroid dienone is 12. The van der Waals surface area contributed by atoms with Crippen LogP contribution in [0.2, 0.25) is 0 Å². The van der Waals surface area contributed by atoms with E-state index in [2.05, 4.69) is 74.6 Å². The van der Waals surface area contributed by atoms with Crippen molar-refractivity contribution in [3.8, 4) is 0 Å². The average Bonchev–Trinajstić information content (AvgIpc) is 3.17. The van der Waals surface area contributed by atoms with Crippen molar-refractivity contribution in [1.82, 2.24) is 0 Å². The summed E-state index contributed by atoms with van der Waals surface area (Å²) in [4.78, 5) is 35.4. The molecule has 0 bridgehead atoms. The van der Waals surface area contributed by atoms with Crippen LogP contribution in [0.3, 0.4) is 0 Å². The van der Waals surface area contributed by atoms with E-state index in [0.717, 1.165) is 57.8 Å². The highest BCUT2D eigenvalue weighted by atomic mass is 31.2. The number of hydrogen-bond acceptors (Lipinski definition) is 7. The van der Waals surface area contributed by atoms with Crippen LogP contribution in [0.1, 0.15) is 168 Å². The van der Waals surface area contributed by atoms with Gasteiger partial charge in [-0.2, -0.15) is 0 Å². The van der Waals surface area contributed by atoms with E-state index in [0.29, 0.717) is 17.4 Å². The number of phosphoric acid groups is 1. The van der Waals surface area contributed by atoms with Gasteiger partial charge in [0.1, 0.15) is 19.8 Å². The normalized spacial score (nSPS) is 14.2. The third-order valence-corrected chi connectivity index (χ3v) is 10.2. The molecule has 2 unspecified atom stereocenters. The minimum absolute atomic E-state index is 0.0158. The highest BCUT2D eigenvalue weighted by Gasteiger charge is 2.27. The van der Waals surface area contributed by atoms with Crippen molar-refractivity contribution in [3.63, 3.8) is 0 Å². The molecule has 0 aliphatic heterocycles. The Hall–Kier alpha value is -2.55. The molecule has 0 aliphatic rings. The summed E-state index contributed by atoms with van der Waals surface area (Å²) >= 11 is 0. The zero-order valence-electron chi connectivity index (χ0n) is 37.5. The molecule has 0 radical (unpaired) electrons. The van der Waals surface area contributed by atoms with E-state index in [9.17, 15) is 19.0 Å². The van der Waals surface area contributed by atoms with Gasteiger partial charge in [0.05, 0.1) is 27.7 Å². The van der Waals surface area contributed by atoms with Gasteiger partial charge in [0.25, 0.3) is 0 Å². The second-order valence-electron chi connectivity index (χ2n) is 16.1. The molecule has 334 valence electrons. The number of nitrogens with zero attached hydrogens (tertiary/aromatic N) is 1. The highest BCUT2D eigenvalue weighted by Crippen LogP contribution is 2.43. The maximum absolute atomic E-state index is 12.7. The fraction of sp³-hybridized carbons (Fsp3) is 0.708. The van der Waals surface area contributed by atoms with Crippen LogP contribution in [-0.4, -0.2) is 74.9 Å². The molecule has 0 saturated carbocycles. The second kappa shape index (κ2) is 39.9. The predicted octanol–water partition coefficient (Wildman–Crippen LogP) is 13.0. The molecule has 0 rings (SSSR count). The predicted molar refractivity (Wildman–Crippen MR) is 242 cm³/mol. The van der Waals surface area contributed by atoms with E-state index in [1.54, 1.807) is 0 Å². The average molecular weight is 835 g/mol. The van der Waals surface area contributed by atoms with Crippen LogP contribution in [0.15, 0.2) is 72.9 Å². The molecule has 0 aromatic rings. The molecule has 0 aliphatic carbocycles. The molecule has 0 aromatic heterocycles. The van der Waals surface area contributed by atoms with Crippen molar-refractivity contribution < 1.29 is 42.1 Å². The van der Waals surface area contributed by atoms with Crippen LogP contribution in [-0.2, 0) is 32.7 Å². The third kappa shape index (κ3) is 43.0. The Kier molecular flexibility index (Phi) is 38.1. The fourth-order valence-electron chi connectivity index (χ4n) is 5.75. The molecule has 10 heteroatoms. The Bertz CT molecular complexity index is 1220. The number of quaternary nitrogens is 1. The molecule has 0 saturated heterocycles. The van der Waals surface area contributed by atoms with E-state index >= 15 is 0 Å². The van der Waals surface area contributed by atoms with E-state index in [-0.39, 0.29) is 32.0 Å². The maximum atomic E-state index is 12.7. The molecule has 0 aromatic carbocycles. The number of unbranched alkanes of at least 4 members (excludes halogenated alkanes) is 14. The molecule has 0 fully saturated rings. The Morgan fingerprint density at radius 1 is 0.552 bits per heavy atom. The zero-order valence-corrected chi connectivity index (χ0v) is 38.4. The summed E-state index contributed by atoms with van der Waals surface area (Å²) in [6.45, 7) is 4.22. The number of carbonyl (C=O) groups excluding carboxylic acids is 2. The first-order valence-electron chi connectivity index (χ1n) is 22.7. The lowest BCUT2D eigenvalue weighted by Crippen LogP contribution is -2.37. The summed E-state index contributed by atoms with van der Waals surface area (Å²) in [7, 11) is 1.42. The van der Waals surface area contributed by atoms with Gasteiger partial charge < -0.3 is 18.9 Å². The van der Waals surface area contributed by atoms with Crippen LogP contribution in [0.25, 0.3) is 0 Å². The molecule has 2 atom stereocenters.